The van der Waals surface area contributed by atoms with Gasteiger partial charge in [-0.2, -0.15) is 0 Å². The lowest BCUT2D eigenvalue weighted by Gasteiger charge is -2.37. The van der Waals surface area contributed by atoms with Gasteiger partial charge in [-0.05, 0) is 38.7 Å². The molecule has 0 aliphatic carbocycles. The first kappa shape index (κ1) is 11.8. The Kier molecular flexibility index (Phi) is 2.90. The van der Waals surface area contributed by atoms with Crippen molar-refractivity contribution in [2.24, 2.45) is 5.92 Å². The predicted molar refractivity (Wildman–Crippen MR) is 68.6 cm³/mol. The van der Waals surface area contributed by atoms with E-state index < -0.39 is 0 Å². The monoisotopic (exact) mass is 248 g/mol. The van der Waals surface area contributed by atoms with E-state index >= 15 is 0 Å². The van der Waals surface area contributed by atoms with Crippen molar-refractivity contribution in [1.29, 1.82) is 0 Å². The first-order valence-corrected chi connectivity index (χ1v) is 6.75. The smallest absolute Gasteiger partial charge is 0.257 e. The van der Waals surface area contributed by atoms with Gasteiger partial charge in [0.15, 0.2) is 0 Å². The summed E-state index contributed by atoms with van der Waals surface area (Å²) in [5.41, 5.74) is 0.736. The lowest BCUT2D eigenvalue weighted by atomic mass is 9.91. The Hall–Kier alpha value is -1.29. The minimum Gasteiger partial charge on any atom is -0.466 e. The van der Waals surface area contributed by atoms with Crippen LogP contribution in [0.2, 0.25) is 0 Å². The molecular weight excluding hydrogens is 228 g/mol. The van der Waals surface area contributed by atoms with Crippen LogP contribution in [0, 0.1) is 19.8 Å². The summed E-state index contributed by atoms with van der Waals surface area (Å²) in [5.74, 6) is 2.33. The average Bonchev–Trinajstić information content (AvgIpc) is 2.94. The SMILES string of the molecule is Cc1cc(C(=O)N2CCCC3CNCC32)c(C)o1. The van der Waals surface area contributed by atoms with Crippen LogP contribution in [-0.4, -0.2) is 36.5 Å². The molecule has 0 spiro atoms. The molecule has 2 unspecified atom stereocenters. The maximum Gasteiger partial charge on any atom is 0.257 e. The predicted octanol–water partition coefficient (Wildman–Crippen LogP) is 1.72. The van der Waals surface area contributed by atoms with Gasteiger partial charge in [-0.15, -0.1) is 0 Å². The number of carbonyl (C=O) groups is 1. The van der Waals surface area contributed by atoms with E-state index in [1.807, 2.05) is 24.8 Å². The highest BCUT2D eigenvalue weighted by atomic mass is 16.3. The summed E-state index contributed by atoms with van der Waals surface area (Å²) in [5, 5.41) is 3.40. The third-order valence-corrected chi connectivity index (χ3v) is 4.21. The van der Waals surface area contributed by atoms with Crippen LogP contribution in [-0.2, 0) is 0 Å². The van der Waals surface area contributed by atoms with E-state index in [4.69, 9.17) is 4.42 Å². The molecule has 3 heterocycles. The molecule has 1 aromatic heterocycles. The van der Waals surface area contributed by atoms with Crippen LogP contribution in [0.4, 0.5) is 0 Å². The van der Waals surface area contributed by atoms with Gasteiger partial charge in [-0.3, -0.25) is 4.79 Å². The van der Waals surface area contributed by atoms with Crippen LogP contribution in [0.25, 0.3) is 0 Å². The highest BCUT2D eigenvalue weighted by Gasteiger charge is 2.38. The van der Waals surface area contributed by atoms with Crippen molar-refractivity contribution in [1.82, 2.24) is 10.2 Å². The molecule has 1 aromatic rings. The number of piperidine rings is 1. The summed E-state index contributed by atoms with van der Waals surface area (Å²) in [6, 6.07) is 2.24. The summed E-state index contributed by atoms with van der Waals surface area (Å²) in [7, 11) is 0. The normalized spacial score (nSPS) is 27.3. The van der Waals surface area contributed by atoms with E-state index in [1.165, 1.54) is 6.42 Å². The maximum absolute atomic E-state index is 12.6. The molecule has 3 rings (SSSR count). The highest BCUT2D eigenvalue weighted by molar-refractivity contribution is 5.95. The van der Waals surface area contributed by atoms with E-state index in [9.17, 15) is 4.79 Å². The van der Waals surface area contributed by atoms with Gasteiger partial charge in [0.25, 0.3) is 5.91 Å². The number of rotatable bonds is 1. The minimum absolute atomic E-state index is 0.141. The zero-order chi connectivity index (χ0) is 12.7. The molecule has 0 bridgehead atoms. The van der Waals surface area contributed by atoms with Crippen molar-refractivity contribution in [2.45, 2.75) is 32.7 Å². The molecule has 18 heavy (non-hydrogen) atoms. The summed E-state index contributed by atoms with van der Waals surface area (Å²) in [4.78, 5) is 14.7. The molecule has 4 heteroatoms. The Balaban J connectivity index is 1.85. The Morgan fingerprint density at radius 2 is 2.28 bits per heavy atom. The molecule has 4 nitrogen and oxygen atoms in total. The number of furan rings is 1. The molecule has 2 saturated heterocycles. The minimum atomic E-state index is 0.141. The van der Waals surface area contributed by atoms with Crippen LogP contribution in [0.15, 0.2) is 10.5 Å². The van der Waals surface area contributed by atoms with Gasteiger partial charge in [0.1, 0.15) is 11.5 Å². The van der Waals surface area contributed by atoms with E-state index in [0.717, 1.165) is 43.1 Å². The summed E-state index contributed by atoms with van der Waals surface area (Å²) in [6.07, 6.45) is 2.36. The van der Waals surface area contributed by atoms with Gasteiger partial charge >= 0.3 is 0 Å². The number of amides is 1. The molecule has 1 N–H and O–H groups in total. The molecule has 2 atom stereocenters. The average molecular weight is 248 g/mol. The lowest BCUT2D eigenvalue weighted by Crippen LogP contribution is -2.48. The van der Waals surface area contributed by atoms with Crippen molar-refractivity contribution >= 4 is 5.91 Å². The molecule has 98 valence electrons. The van der Waals surface area contributed by atoms with Crippen molar-refractivity contribution in [2.75, 3.05) is 19.6 Å². The summed E-state index contributed by atoms with van der Waals surface area (Å²) < 4.78 is 5.47. The Labute approximate surface area is 107 Å². The number of carbonyl (C=O) groups excluding carboxylic acids is 1. The summed E-state index contributed by atoms with van der Waals surface area (Å²) >= 11 is 0. The van der Waals surface area contributed by atoms with Gasteiger partial charge in [0.05, 0.1) is 5.56 Å². The van der Waals surface area contributed by atoms with Crippen LogP contribution < -0.4 is 5.32 Å². The fraction of sp³-hybridized carbons (Fsp3) is 0.643. The molecule has 2 fully saturated rings. The van der Waals surface area contributed by atoms with Crippen LogP contribution in [0.3, 0.4) is 0 Å². The molecule has 0 radical (unpaired) electrons. The van der Waals surface area contributed by atoms with Crippen molar-refractivity contribution in [3.05, 3.63) is 23.2 Å². The number of aryl methyl sites for hydroxylation is 2. The Bertz CT molecular complexity index is 466. The molecule has 2 aliphatic heterocycles. The first-order valence-electron chi connectivity index (χ1n) is 6.75. The van der Waals surface area contributed by atoms with Crippen LogP contribution in [0.5, 0.6) is 0 Å². The molecule has 1 amide bonds. The fourth-order valence-corrected chi connectivity index (χ4v) is 3.32. The Morgan fingerprint density at radius 1 is 1.44 bits per heavy atom. The van der Waals surface area contributed by atoms with Crippen LogP contribution in [0.1, 0.15) is 34.7 Å². The van der Waals surface area contributed by atoms with Gasteiger partial charge in [-0.1, -0.05) is 0 Å². The fourth-order valence-electron chi connectivity index (χ4n) is 3.32. The number of hydrogen-bond donors (Lipinski definition) is 1. The maximum atomic E-state index is 12.6. The Morgan fingerprint density at radius 3 is 3.00 bits per heavy atom. The number of likely N-dealkylation sites (tertiary alicyclic amines) is 1. The van der Waals surface area contributed by atoms with Crippen molar-refractivity contribution in [3.8, 4) is 0 Å². The molecular formula is C14H20N2O2. The standard InChI is InChI=1S/C14H20N2O2/c1-9-6-12(10(2)18-9)14(17)16-5-3-4-11-7-15-8-13(11)16/h6,11,13,15H,3-5,7-8H2,1-2H3. The summed E-state index contributed by atoms with van der Waals surface area (Å²) in [6.45, 7) is 6.63. The van der Waals surface area contributed by atoms with E-state index in [1.54, 1.807) is 0 Å². The van der Waals surface area contributed by atoms with E-state index in [0.29, 0.717) is 12.0 Å². The topological polar surface area (TPSA) is 45.5 Å². The second kappa shape index (κ2) is 4.43. The third kappa shape index (κ3) is 1.85. The lowest BCUT2D eigenvalue weighted by molar-refractivity contribution is 0.0573. The second-order valence-electron chi connectivity index (χ2n) is 5.45. The number of nitrogens with one attached hydrogen (secondary N) is 1. The van der Waals surface area contributed by atoms with E-state index in [-0.39, 0.29) is 5.91 Å². The quantitative estimate of drug-likeness (QED) is 0.823. The molecule has 0 aromatic carbocycles. The first-order chi connectivity index (χ1) is 8.66. The van der Waals surface area contributed by atoms with Crippen molar-refractivity contribution < 1.29 is 9.21 Å². The molecule has 0 saturated carbocycles. The second-order valence-corrected chi connectivity index (χ2v) is 5.45. The number of hydrogen-bond acceptors (Lipinski definition) is 3. The van der Waals surface area contributed by atoms with Crippen molar-refractivity contribution in [3.63, 3.8) is 0 Å². The zero-order valence-corrected chi connectivity index (χ0v) is 11.0. The third-order valence-electron chi connectivity index (χ3n) is 4.21. The molecule has 2 aliphatic rings. The number of nitrogens with zero attached hydrogens (tertiary/aromatic N) is 1. The van der Waals surface area contributed by atoms with Gasteiger partial charge in [-0.25, -0.2) is 0 Å². The van der Waals surface area contributed by atoms with Gasteiger partial charge in [0.2, 0.25) is 0 Å². The highest BCUT2D eigenvalue weighted by Crippen LogP contribution is 2.28. The van der Waals surface area contributed by atoms with Crippen LogP contribution >= 0.6 is 0 Å². The number of fused-ring (bicyclic) bond motifs is 1. The largest absolute Gasteiger partial charge is 0.466 e. The zero-order valence-electron chi connectivity index (χ0n) is 11.0. The van der Waals surface area contributed by atoms with E-state index in [2.05, 4.69) is 5.32 Å². The van der Waals surface area contributed by atoms with Gasteiger partial charge < -0.3 is 14.6 Å². The van der Waals surface area contributed by atoms with Gasteiger partial charge in [0, 0.05) is 25.7 Å².